The third kappa shape index (κ3) is 5.52. The van der Waals surface area contributed by atoms with Gasteiger partial charge in [-0.1, -0.05) is 12.1 Å². The quantitative estimate of drug-likeness (QED) is 0.479. The number of amides is 1. The summed E-state index contributed by atoms with van der Waals surface area (Å²) in [5.41, 5.74) is 0.658. The van der Waals surface area contributed by atoms with Gasteiger partial charge < -0.3 is 24.6 Å². The van der Waals surface area contributed by atoms with E-state index < -0.39 is 30.5 Å². The first kappa shape index (κ1) is 25.3. The lowest BCUT2D eigenvalue weighted by atomic mass is 10.2. The van der Waals surface area contributed by atoms with Gasteiger partial charge in [0.15, 0.2) is 11.5 Å². The zero-order valence-electron chi connectivity index (χ0n) is 19.4. The monoisotopic (exact) mass is 507 g/mol. The van der Waals surface area contributed by atoms with Crippen molar-refractivity contribution in [3.8, 4) is 17.5 Å². The molecule has 1 amide bonds. The third-order valence-corrected chi connectivity index (χ3v) is 5.42. The van der Waals surface area contributed by atoms with E-state index in [0.717, 1.165) is 12.1 Å². The van der Waals surface area contributed by atoms with Crippen molar-refractivity contribution in [2.24, 2.45) is 0 Å². The fourth-order valence-corrected chi connectivity index (χ4v) is 3.70. The average molecular weight is 507 g/mol. The number of pyridine rings is 1. The van der Waals surface area contributed by atoms with E-state index in [4.69, 9.17) is 4.74 Å². The molecule has 10 nitrogen and oxygen atoms in total. The van der Waals surface area contributed by atoms with Crippen molar-refractivity contribution in [2.75, 3.05) is 18.5 Å². The van der Waals surface area contributed by atoms with Crippen LogP contribution in [0.15, 0.2) is 48.7 Å². The summed E-state index contributed by atoms with van der Waals surface area (Å²) in [7, 11) is 1.53. The first-order chi connectivity index (χ1) is 17.0. The van der Waals surface area contributed by atoms with E-state index in [9.17, 15) is 28.2 Å². The molecule has 0 radical (unpaired) electrons. The molecule has 1 aliphatic rings. The number of carbonyl (C=O) groups is 1. The van der Waals surface area contributed by atoms with Crippen LogP contribution in [0.4, 0.5) is 19.0 Å². The Morgan fingerprint density at radius 2 is 1.92 bits per heavy atom. The molecule has 2 N–H and O–H groups in total. The van der Waals surface area contributed by atoms with E-state index >= 15 is 0 Å². The lowest BCUT2D eigenvalue weighted by Gasteiger charge is -2.38. The third-order valence-electron chi connectivity index (χ3n) is 5.42. The van der Waals surface area contributed by atoms with Crippen LogP contribution in [-0.4, -0.2) is 68.0 Å². The Balaban J connectivity index is 1.75. The zero-order valence-corrected chi connectivity index (χ0v) is 19.4. The number of aliphatic hydroxyl groups excluding tert-OH is 2. The molecule has 36 heavy (non-hydrogen) atoms. The highest BCUT2D eigenvalue weighted by Crippen LogP contribution is 2.36. The number of carbonyl (C=O) groups excluding carboxylic acids is 1. The number of fused-ring (bicyclic) bond motifs is 1. The second kappa shape index (κ2) is 10.0. The van der Waals surface area contributed by atoms with Crippen LogP contribution in [0, 0.1) is 0 Å². The molecule has 2 aromatic heterocycles. The summed E-state index contributed by atoms with van der Waals surface area (Å²) in [6.07, 6.45) is -5.12. The molecular weight excluding hydrogens is 483 g/mol. The minimum absolute atomic E-state index is 0.0111. The number of hydrogen-bond acceptors (Lipinski definition) is 8. The second-order valence-electron chi connectivity index (χ2n) is 8.19. The van der Waals surface area contributed by atoms with Gasteiger partial charge in [-0.15, -0.1) is 13.2 Å². The fourth-order valence-electron chi connectivity index (χ4n) is 3.70. The van der Waals surface area contributed by atoms with Gasteiger partial charge in [-0.25, -0.2) is 0 Å². The number of ether oxygens (including phenoxy) is 2. The van der Waals surface area contributed by atoms with E-state index in [0.29, 0.717) is 5.69 Å². The molecule has 0 fully saturated rings. The normalized spacial score (nSPS) is 16.6. The molecule has 0 saturated heterocycles. The molecule has 0 saturated carbocycles. The minimum Gasteiger partial charge on any atom is -0.425 e. The smallest absolute Gasteiger partial charge is 0.425 e. The summed E-state index contributed by atoms with van der Waals surface area (Å²) < 4.78 is 49.2. The maximum Gasteiger partial charge on any atom is 0.573 e. The number of aromatic nitrogens is 3. The van der Waals surface area contributed by atoms with E-state index in [1.54, 1.807) is 31.3 Å². The first-order valence-electron chi connectivity index (χ1n) is 11.0. The van der Waals surface area contributed by atoms with Gasteiger partial charge in [-0.3, -0.25) is 19.2 Å². The minimum atomic E-state index is -4.88. The predicted molar refractivity (Wildman–Crippen MR) is 121 cm³/mol. The Morgan fingerprint density at radius 3 is 2.58 bits per heavy atom. The standard InChI is InChI=1S/C23H24F3N5O5/c1-14(32)9-11-30-20(33)18-19(29(2)22(30)34)28-21(31(18)13-15-6-3-4-10-27-15)35-16-7-5-8-17(12-16)36-23(24,25)26/h3-8,10,12,14,22,32,34H,9,11,13H2,1-2H3. The number of alkyl halides is 3. The summed E-state index contributed by atoms with van der Waals surface area (Å²) in [6.45, 7) is 1.70. The Hall–Kier alpha value is -3.84. The summed E-state index contributed by atoms with van der Waals surface area (Å²) in [4.78, 5) is 24.7. The van der Waals surface area contributed by atoms with Crippen molar-refractivity contribution < 1.29 is 37.7 Å². The maximum absolute atomic E-state index is 13.4. The fraction of sp³-hybridized carbons (Fsp3) is 0.348. The van der Waals surface area contributed by atoms with Crippen molar-refractivity contribution in [1.29, 1.82) is 0 Å². The molecule has 3 heterocycles. The lowest BCUT2D eigenvalue weighted by Crippen LogP contribution is -2.55. The van der Waals surface area contributed by atoms with Crippen molar-refractivity contribution in [2.45, 2.75) is 38.7 Å². The van der Waals surface area contributed by atoms with Crippen LogP contribution < -0.4 is 14.4 Å². The molecule has 2 atom stereocenters. The van der Waals surface area contributed by atoms with Gasteiger partial charge in [0.25, 0.3) is 5.91 Å². The van der Waals surface area contributed by atoms with Crippen LogP contribution in [0.1, 0.15) is 29.5 Å². The summed E-state index contributed by atoms with van der Waals surface area (Å²) in [5, 5.41) is 20.4. The molecular formula is C23H24F3N5O5. The predicted octanol–water partition coefficient (Wildman–Crippen LogP) is 2.96. The van der Waals surface area contributed by atoms with E-state index in [-0.39, 0.29) is 42.8 Å². The highest BCUT2D eigenvalue weighted by Gasteiger charge is 2.40. The van der Waals surface area contributed by atoms with Crippen LogP contribution in [0.5, 0.6) is 17.5 Å². The van der Waals surface area contributed by atoms with Gasteiger partial charge in [-0.05, 0) is 37.6 Å². The van der Waals surface area contributed by atoms with Crippen molar-refractivity contribution >= 4 is 11.7 Å². The summed E-state index contributed by atoms with van der Waals surface area (Å²) >= 11 is 0. The van der Waals surface area contributed by atoms with Gasteiger partial charge >= 0.3 is 12.4 Å². The van der Waals surface area contributed by atoms with E-state index in [1.807, 2.05) is 0 Å². The first-order valence-corrected chi connectivity index (χ1v) is 11.0. The number of aliphatic hydroxyl groups is 2. The van der Waals surface area contributed by atoms with Gasteiger partial charge in [-0.2, -0.15) is 4.98 Å². The maximum atomic E-state index is 13.4. The van der Waals surface area contributed by atoms with Crippen LogP contribution >= 0.6 is 0 Å². The largest absolute Gasteiger partial charge is 0.573 e. The zero-order chi connectivity index (χ0) is 26.0. The average Bonchev–Trinajstić information content (AvgIpc) is 3.15. The van der Waals surface area contributed by atoms with E-state index in [2.05, 4.69) is 14.7 Å². The van der Waals surface area contributed by atoms with Gasteiger partial charge in [0.2, 0.25) is 6.35 Å². The van der Waals surface area contributed by atoms with Crippen molar-refractivity contribution in [3.05, 3.63) is 60.0 Å². The van der Waals surface area contributed by atoms with Crippen LogP contribution in [0.25, 0.3) is 0 Å². The molecule has 1 aromatic carbocycles. The summed E-state index contributed by atoms with van der Waals surface area (Å²) in [6, 6.07) is 10.0. The Labute approximate surface area is 204 Å². The van der Waals surface area contributed by atoms with Gasteiger partial charge in [0.05, 0.1) is 18.3 Å². The molecule has 0 bridgehead atoms. The van der Waals surface area contributed by atoms with Crippen LogP contribution in [0.2, 0.25) is 0 Å². The number of benzene rings is 1. The van der Waals surface area contributed by atoms with Gasteiger partial charge in [0, 0.05) is 25.9 Å². The molecule has 2 unspecified atom stereocenters. The number of nitrogens with zero attached hydrogens (tertiary/aromatic N) is 5. The molecule has 192 valence electrons. The second-order valence-corrected chi connectivity index (χ2v) is 8.19. The molecule has 0 spiro atoms. The molecule has 0 aliphatic carbocycles. The van der Waals surface area contributed by atoms with Crippen molar-refractivity contribution in [3.63, 3.8) is 0 Å². The van der Waals surface area contributed by atoms with Crippen LogP contribution in [0.3, 0.4) is 0 Å². The number of hydrogen-bond donors (Lipinski definition) is 2. The van der Waals surface area contributed by atoms with Gasteiger partial charge in [0.1, 0.15) is 11.5 Å². The number of imidazole rings is 1. The van der Waals surface area contributed by atoms with Crippen molar-refractivity contribution in [1.82, 2.24) is 19.4 Å². The number of rotatable bonds is 8. The Morgan fingerprint density at radius 1 is 1.17 bits per heavy atom. The molecule has 13 heteroatoms. The topological polar surface area (TPSA) is 113 Å². The number of halogens is 3. The SMILES string of the molecule is CC(O)CCN1C(=O)c2c(nc(Oc3cccc(OC(F)(F)F)c3)n2Cc2ccccn2)N(C)C1O. The summed E-state index contributed by atoms with van der Waals surface area (Å²) in [5.74, 6) is -0.929. The molecule has 1 aliphatic heterocycles. The molecule has 3 aromatic rings. The number of anilines is 1. The Bertz CT molecular complexity index is 1220. The lowest BCUT2D eigenvalue weighted by molar-refractivity contribution is -0.274. The highest BCUT2D eigenvalue weighted by atomic mass is 19.4. The van der Waals surface area contributed by atoms with Crippen LogP contribution in [-0.2, 0) is 6.54 Å². The van der Waals surface area contributed by atoms with E-state index in [1.165, 1.54) is 33.5 Å². The highest BCUT2D eigenvalue weighted by molar-refractivity contribution is 5.99. The molecule has 4 rings (SSSR count). The Kier molecular flexibility index (Phi) is 7.04.